The Kier molecular flexibility index (Phi) is 5.49. The van der Waals surface area contributed by atoms with Crippen molar-refractivity contribution in [2.75, 3.05) is 45.3 Å². The van der Waals surface area contributed by atoms with Crippen molar-refractivity contribution in [1.82, 2.24) is 4.31 Å². The summed E-state index contributed by atoms with van der Waals surface area (Å²) >= 11 is 1.07. The summed E-state index contributed by atoms with van der Waals surface area (Å²) in [5.41, 5.74) is 0.942. The van der Waals surface area contributed by atoms with Crippen molar-refractivity contribution in [3.63, 3.8) is 0 Å². The molecule has 9 heteroatoms. The van der Waals surface area contributed by atoms with Crippen molar-refractivity contribution in [3.05, 3.63) is 40.6 Å². The normalized spacial score (nSPS) is 15.7. The second-order valence-corrected chi connectivity index (χ2v) is 8.49. The zero-order valence-electron chi connectivity index (χ0n) is 14.5. The van der Waals surface area contributed by atoms with Crippen LogP contribution in [0.3, 0.4) is 0 Å². The molecule has 1 fully saturated rings. The molecule has 7 nitrogen and oxygen atoms in total. The largest absolute Gasteiger partial charge is 0.495 e. The number of carbonyl (C=O) groups is 1. The highest BCUT2D eigenvalue weighted by Crippen LogP contribution is 2.30. The molecule has 0 radical (unpaired) electrons. The molecule has 0 amide bonds. The summed E-state index contributed by atoms with van der Waals surface area (Å²) in [7, 11) is -0.885. The molecule has 1 aliphatic rings. The number of ether oxygens (including phenoxy) is 2. The number of anilines is 1. The van der Waals surface area contributed by atoms with Gasteiger partial charge in [-0.3, -0.25) is 0 Å². The van der Waals surface area contributed by atoms with E-state index in [1.54, 1.807) is 12.5 Å². The lowest BCUT2D eigenvalue weighted by atomic mass is 10.2. The number of carbonyl (C=O) groups excluding carboxylic acids is 1. The predicted molar refractivity (Wildman–Crippen MR) is 99.6 cm³/mol. The van der Waals surface area contributed by atoms with Gasteiger partial charge in [0.2, 0.25) is 10.0 Å². The number of esters is 1. The summed E-state index contributed by atoms with van der Waals surface area (Å²) < 4.78 is 37.4. The summed E-state index contributed by atoms with van der Waals surface area (Å²) in [5, 5.41) is 1.59. The van der Waals surface area contributed by atoms with Crippen molar-refractivity contribution in [1.29, 1.82) is 0 Å². The summed E-state index contributed by atoms with van der Waals surface area (Å²) in [4.78, 5) is 14.0. The van der Waals surface area contributed by atoms with Gasteiger partial charge in [-0.05, 0) is 23.6 Å². The molecule has 0 unspecified atom stereocenters. The summed E-state index contributed by atoms with van der Waals surface area (Å²) in [6.45, 7) is 1.74. The van der Waals surface area contributed by atoms with Gasteiger partial charge in [0, 0.05) is 26.2 Å². The molecular weight excluding hydrogens is 376 g/mol. The molecule has 1 saturated heterocycles. The number of benzene rings is 1. The molecule has 1 aromatic carbocycles. The molecule has 1 aliphatic heterocycles. The third-order valence-corrected chi connectivity index (χ3v) is 7.25. The lowest BCUT2D eigenvalue weighted by Crippen LogP contribution is -2.48. The van der Waals surface area contributed by atoms with Crippen LogP contribution in [-0.2, 0) is 14.8 Å². The Morgan fingerprint density at radius 3 is 2.42 bits per heavy atom. The Hall–Kier alpha value is -2.10. The van der Waals surface area contributed by atoms with Crippen molar-refractivity contribution in [2.24, 2.45) is 0 Å². The fraction of sp³-hybridized carbons (Fsp3) is 0.353. The highest BCUT2D eigenvalue weighted by molar-refractivity contribution is 7.89. The van der Waals surface area contributed by atoms with Gasteiger partial charge in [0.15, 0.2) is 0 Å². The minimum Gasteiger partial charge on any atom is -0.495 e. The number of hydrogen-bond donors (Lipinski definition) is 0. The molecule has 0 aliphatic carbocycles. The summed E-state index contributed by atoms with van der Waals surface area (Å²) in [6, 6.07) is 9.12. The third-order valence-electron chi connectivity index (χ3n) is 4.28. The van der Waals surface area contributed by atoms with Gasteiger partial charge in [-0.15, -0.1) is 11.3 Å². The van der Waals surface area contributed by atoms with Gasteiger partial charge in [-0.25, -0.2) is 13.2 Å². The molecule has 2 heterocycles. The van der Waals surface area contributed by atoms with Crippen LogP contribution in [-0.4, -0.2) is 59.1 Å². The third kappa shape index (κ3) is 3.42. The topological polar surface area (TPSA) is 76.2 Å². The van der Waals surface area contributed by atoms with E-state index in [9.17, 15) is 13.2 Å². The maximum atomic E-state index is 12.9. The second kappa shape index (κ2) is 7.65. The van der Waals surface area contributed by atoms with Gasteiger partial charge in [0.25, 0.3) is 0 Å². The van der Waals surface area contributed by atoms with Gasteiger partial charge in [0.1, 0.15) is 15.5 Å². The van der Waals surface area contributed by atoms with Crippen molar-refractivity contribution in [2.45, 2.75) is 4.90 Å². The first-order valence-electron chi connectivity index (χ1n) is 8.03. The Morgan fingerprint density at radius 1 is 1.08 bits per heavy atom. The summed E-state index contributed by atoms with van der Waals surface area (Å²) in [5.74, 6) is 0.126. The highest BCUT2D eigenvalue weighted by atomic mass is 32.2. The van der Waals surface area contributed by atoms with E-state index in [1.807, 2.05) is 24.3 Å². The number of sulfonamides is 1. The first-order chi connectivity index (χ1) is 12.5. The van der Waals surface area contributed by atoms with Gasteiger partial charge in [-0.1, -0.05) is 12.1 Å². The maximum Gasteiger partial charge on any atom is 0.349 e. The zero-order valence-corrected chi connectivity index (χ0v) is 16.2. The van der Waals surface area contributed by atoms with E-state index in [2.05, 4.69) is 9.64 Å². The molecule has 3 rings (SSSR count). The number of thiophene rings is 1. The van der Waals surface area contributed by atoms with Crippen LogP contribution in [0, 0.1) is 0 Å². The monoisotopic (exact) mass is 396 g/mol. The molecule has 1 aromatic heterocycles. The quantitative estimate of drug-likeness (QED) is 0.720. The van der Waals surface area contributed by atoms with Gasteiger partial charge in [-0.2, -0.15) is 4.31 Å². The molecular formula is C17H20N2O5S2. The van der Waals surface area contributed by atoms with Crippen LogP contribution in [0.5, 0.6) is 5.75 Å². The molecule has 0 bridgehead atoms. The fourth-order valence-corrected chi connectivity index (χ4v) is 5.67. The van der Waals surface area contributed by atoms with E-state index in [0.29, 0.717) is 26.2 Å². The van der Waals surface area contributed by atoms with Crippen LogP contribution in [0.15, 0.2) is 40.6 Å². The van der Waals surface area contributed by atoms with E-state index >= 15 is 0 Å². The smallest absolute Gasteiger partial charge is 0.349 e. The highest BCUT2D eigenvalue weighted by Gasteiger charge is 2.33. The van der Waals surface area contributed by atoms with Gasteiger partial charge < -0.3 is 14.4 Å². The fourth-order valence-electron chi connectivity index (χ4n) is 2.94. The molecule has 26 heavy (non-hydrogen) atoms. The number of piperazine rings is 1. The van der Waals surface area contributed by atoms with E-state index in [4.69, 9.17) is 4.74 Å². The Morgan fingerprint density at radius 2 is 1.77 bits per heavy atom. The van der Waals surface area contributed by atoms with Gasteiger partial charge in [0.05, 0.1) is 19.9 Å². The van der Waals surface area contributed by atoms with Crippen molar-refractivity contribution in [3.8, 4) is 5.75 Å². The lowest BCUT2D eigenvalue weighted by Gasteiger charge is -2.35. The lowest BCUT2D eigenvalue weighted by molar-refractivity contribution is 0.0602. The minimum atomic E-state index is -3.74. The SMILES string of the molecule is COC(=O)c1sccc1S(=O)(=O)N1CCN(c2ccccc2OC)CC1. The van der Waals surface area contributed by atoms with Crippen molar-refractivity contribution < 1.29 is 22.7 Å². The molecule has 0 N–H and O–H groups in total. The number of hydrogen-bond acceptors (Lipinski definition) is 7. The molecule has 0 atom stereocenters. The van der Waals surface area contributed by atoms with Crippen LogP contribution >= 0.6 is 11.3 Å². The second-order valence-electron chi connectivity index (χ2n) is 5.67. The Labute approximate surface area is 156 Å². The molecule has 0 saturated carbocycles. The average Bonchev–Trinajstić information content (AvgIpc) is 3.18. The predicted octanol–water partition coefficient (Wildman–Crippen LogP) is 2.05. The summed E-state index contributed by atoms with van der Waals surface area (Å²) in [6.07, 6.45) is 0. The van der Waals surface area contributed by atoms with Crippen LogP contribution in [0.2, 0.25) is 0 Å². The number of nitrogens with zero attached hydrogens (tertiary/aromatic N) is 2. The van der Waals surface area contributed by atoms with Gasteiger partial charge >= 0.3 is 5.97 Å². The van der Waals surface area contributed by atoms with E-state index < -0.39 is 16.0 Å². The first-order valence-corrected chi connectivity index (χ1v) is 10.3. The zero-order chi connectivity index (χ0) is 18.7. The molecule has 0 spiro atoms. The molecule has 140 valence electrons. The number of rotatable bonds is 5. The van der Waals surface area contributed by atoms with E-state index in [-0.39, 0.29) is 9.77 Å². The van der Waals surface area contributed by atoms with Crippen LogP contribution in [0.1, 0.15) is 9.67 Å². The van der Waals surface area contributed by atoms with Crippen molar-refractivity contribution >= 4 is 33.0 Å². The first kappa shape index (κ1) is 18.7. The van der Waals surface area contributed by atoms with Crippen LogP contribution < -0.4 is 9.64 Å². The Balaban J connectivity index is 1.77. The van der Waals surface area contributed by atoms with Crippen LogP contribution in [0.4, 0.5) is 5.69 Å². The van der Waals surface area contributed by atoms with Crippen LogP contribution in [0.25, 0.3) is 0 Å². The Bertz CT molecular complexity index is 886. The number of methoxy groups -OCH3 is 2. The number of para-hydroxylation sites is 2. The minimum absolute atomic E-state index is 0.0140. The molecule has 2 aromatic rings. The maximum absolute atomic E-state index is 12.9. The standard InChI is InChI=1S/C17H20N2O5S2/c1-23-14-6-4-3-5-13(14)18-8-10-19(11-9-18)26(21,22)15-7-12-25-16(15)17(20)24-2/h3-7,12H,8-11H2,1-2H3. The average molecular weight is 396 g/mol. The van der Waals surface area contributed by atoms with E-state index in [1.165, 1.54) is 17.5 Å². The van der Waals surface area contributed by atoms with E-state index in [0.717, 1.165) is 22.8 Å².